The van der Waals surface area contributed by atoms with Crippen LogP contribution >= 0.6 is 0 Å². The molecule has 1 rings (SSSR count). The zero-order chi connectivity index (χ0) is 9.90. The highest BCUT2D eigenvalue weighted by Crippen LogP contribution is 2.38. The van der Waals surface area contributed by atoms with Gasteiger partial charge in [-0.25, -0.2) is 0 Å². The fraction of sp³-hybridized carbons (Fsp3) is 0.900. The lowest BCUT2D eigenvalue weighted by Crippen LogP contribution is -2.37. The van der Waals surface area contributed by atoms with Crippen LogP contribution in [0.5, 0.6) is 0 Å². The lowest BCUT2D eigenvalue weighted by molar-refractivity contribution is -0.120. The van der Waals surface area contributed by atoms with Gasteiger partial charge in [-0.2, -0.15) is 0 Å². The Morgan fingerprint density at radius 1 is 1.54 bits per heavy atom. The molecule has 1 saturated carbocycles. The van der Waals surface area contributed by atoms with E-state index in [0.29, 0.717) is 6.42 Å². The minimum absolute atomic E-state index is 0.124. The first kappa shape index (κ1) is 10.7. The van der Waals surface area contributed by atoms with Crippen molar-refractivity contribution in [2.24, 2.45) is 11.1 Å². The number of aliphatic hydroxyl groups excluding tert-OH is 1. The van der Waals surface area contributed by atoms with E-state index >= 15 is 0 Å². The van der Waals surface area contributed by atoms with Crippen molar-refractivity contribution in [3.8, 4) is 0 Å². The van der Waals surface area contributed by atoms with E-state index < -0.39 is 0 Å². The molecule has 3 N–H and O–H groups in total. The van der Waals surface area contributed by atoms with Crippen molar-refractivity contribution in [1.29, 1.82) is 0 Å². The Balaban J connectivity index is 2.55. The summed E-state index contributed by atoms with van der Waals surface area (Å²) >= 11 is 0. The highest BCUT2D eigenvalue weighted by atomic mass is 16.3. The SMILES string of the molecule is CC(=O)CC1(CO)CCC(N)CC1. The van der Waals surface area contributed by atoms with Crippen molar-refractivity contribution < 1.29 is 9.90 Å². The third-order valence-electron chi connectivity index (χ3n) is 3.05. The van der Waals surface area contributed by atoms with Gasteiger partial charge in [-0.1, -0.05) is 0 Å². The molecule has 0 amide bonds. The van der Waals surface area contributed by atoms with Crippen LogP contribution in [0.4, 0.5) is 0 Å². The molecule has 3 nitrogen and oxygen atoms in total. The fourth-order valence-electron chi connectivity index (χ4n) is 2.17. The summed E-state index contributed by atoms with van der Waals surface area (Å²) in [4.78, 5) is 11.0. The molecule has 0 aromatic heterocycles. The number of carbonyl (C=O) groups is 1. The van der Waals surface area contributed by atoms with Crippen molar-refractivity contribution in [1.82, 2.24) is 0 Å². The molecule has 0 atom stereocenters. The summed E-state index contributed by atoms with van der Waals surface area (Å²) in [5.74, 6) is 0.171. The number of hydrogen-bond acceptors (Lipinski definition) is 3. The van der Waals surface area contributed by atoms with E-state index in [1.807, 2.05) is 0 Å². The number of carbonyl (C=O) groups excluding carboxylic acids is 1. The van der Waals surface area contributed by atoms with Gasteiger partial charge in [-0.15, -0.1) is 0 Å². The van der Waals surface area contributed by atoms with Gasteiger partial charge in [0.2, 0.25) is 0 Å². The number of ketones is 1. The molecule has 0 unspecified atom stereocenters. The van der Waals surface area contributed by atoms with Crippen LogP contribution in [-0.2, 0) is 4.79 Å². The predicted octanol–water partition coefficient (Wildman–Crippen LogP) is 0.846. The number of Topliss-reactive ketones (excluding diaryl/α,β-unsaturated/α-hetero) is 1. The number of hydrogen-bond donors (Lipinski definition) is 2. The van der Waals surface area contributed by atoms with Gasteiger partial charge in [0.15, 0.2) is 0 Å². The standard InChI is InChI=1S/C10H19NO2/c1-8(13)6-10(7-12)4-2-9(11)3-5-10/h9,12H,2-7,11H2,1H3. The zero-order valence-electron chi connectivity index (χ0n) is 8.25. The molecule has 0 heterocycles. The van der Waals surface area contributed by atoms with Gasteiger partial charge in [-0.3, -0.25) is 0 Å². The summed E-state index contributed by atoms with van der Waals surface area (Å²) in [6, 6.07) is 0.270. The van der Waals surface area contributed by atoms with Crippen LogP contribution in [0.3, 0.4) is 0 Å². The fourth-order valence-corrected chi connectivity index (χ4v) is 2.17. The van der Waals surface area contributed by atoms with Crippen molar-refractivity contribution in [3.63, 3.8) is 0 Å². The second kappa shape index (κ2) is 4.20. The van der Waals surface area contributed by atoms with Gasteiger partial charge in [0.1, 0.15) is 5.78 Å². The molecule has 1 aliphatic carbocycles. The summed E-state index contributed by atoms with van der Waals surface area (Å²) in [7, 11) is 0. The Morgan fingerprint density at radius 2 is 2.08 bits per heavy atom. The largest absolute Gasteiger partial charge is 0.396 e. The molecule has 3 heteroatoms. The van der Waals surface area contributed by atoms with Gasteiger partial charge in [-0.05, 0) is 32.6 Å². The highest BCUT2D eigenvalue weighted by molar-refractivity contribution is 5.76. The number of nitrogens with two attached hydrogens (primary N) is 1. The van der Waals surface area contributed by atoms with Crippen LogP contribution in [0, 0.1) is 5.41 Å². The molecular formula is C10H19NO2. The molecule has 0 radical (unpaired) electrons. The number of aliphatic hydroxyl groups is 1. The summed E-state index contributed by atoms with van der Waals surface area (Å²) in [5.41, 5.74) is 5.62. The van der Waals surface area contributed by atoms with Crippen molar-refractivity contribution in [2.45, 2.75) is 45.1 Å². The maximum atomic E-state index is 11.0. The van der Waals surface area contributed by atoms with Crippen LogP contribution in [0.25, 0.3) is 0 Å². The van der Waals surface area contributed by atoms with Gasteiger partial charge < -0.3 is 15.6 Å². The predicted molar refractivity (Wildman–Crippen MR) is 51.3 cm³/mol. The molecule has 0 bridgehead atoms. The number of rotatable bonds is 3. The summed E-state index contributed by atoms with van der Waals surface area (Å²) in [5, 5.41) is 9.28. The van der Waals surface area contributed by atoms with Crippen LogP contribution in [0.1, 0.15) is 39.0 Å². The third kappa shape index (κ3) is 2.78. The molecule has 13 heavy (non-hydrogen) atoms. The van der Waals surface area contributed by atoms with E-state index in [-0.39, 0.29) is 23.8 Å². The monoisotopic (exact) mass is 185 g/mol. The molecule has 0 aliphatic heterocycles. The Morgan fingerprint density at radius 3 is 2.46 bits per heavy atom. The minimum Gasteiger partial charge on any atom is -0.396 e. The first-order chi connectivity index (χ1) is 6.08. The second-order valence-electron chi connectivity index (χ2n) is 4.37. The Bertz CT molecular complexity index is 183. The Labute approximate surface area is 79.3 Å². The molecule has 0 aromatic rings. The van der Waals surface area contributed by atoms with Gasteiger partial charge >= 0.3 is 0 Å². The van der Waals surface area contributed by atoms with Crippen LogP contribution in [-0.4, -0.2) is 23.5 Å². The smallest absolute Gasteiger partial charge is 0.130 e. The lowest BCUT2D eigenvalue weighted by atomic mass is 9.70. The first-order valence-electron chi connectivity index (χ1n) is 4.94. The maximum Gasteiger partial charge on any atom is 0.130 e. The molecule has 1 aliphatic rings. The maximum absolute atomic E-state index is 11.0. The van der Waals surface area contributed by atoms with E-state index in [0.717, 1.165) is 25.7 Å². The van der Waals surface area contributed by atoms with E-state index in [1.165, 1.54) is 0 Å². The van der Waals surface area contributed by atoms with Crippen molar-refractivity contribution in [2.75, 3.05) is 6.61 Å². The Kier molecular flexibility index (Phi) is 3.45. The summed E-state index contributed by atoms with van der Waals surface area (Å²) in [6.07, 6.45) is 4.17. The normalized spacial score (nSPS) is 34.5. The van der Waals surface area contributed by atoms with Crippen molar-refractivity contribution >= 4 is 5.78 Å². The topological polar surface area (TPSA) is 63.3 Å². The summed E-state index contributed by atoms with van der Waals surface area (Å²) in [6.45, 7) is 1.71. The highest BCUT2D eigenvalue weighted by Gasteiger charge is 2.34. The molecule has 1 fully saturated rings. The first-order valence-corrected chi connectivity index (χ1v) is 4.94. The van der Waals surface area contributed by atoms with Gasteiger partial charge in [0.25, 0.3) is 0 Å². The van der Waals surface area contributed by atoms with Crippen LogP contribution in [0.2, 0.25) is 0 Å². The van der Waals surface area contributed by atoms with Crippen LogP contribution < -0.4 is 5.73 Å². The average Bonchev–Trinajstić information content (AvgIpc) is 2.09. The van der Waals surface area contributed by atoms with E-state index in [2.05, 4.69) is 0 Å². The van der Waals surface area contributed by atoms with Gasteiger partial charge in [0.05, 0.1) is 0 Å². The molecule has 0 aromatic carbocycles. The van der Waals surface area contributed by atoms with Crippen molar-refractivity contribution in [3.05, 3.63) is 0 Å². The van der Waals surface area contributed by atoms with E-state index in [1.54, 1.807) is 6.92 Å². The molecular weight excluding hydrogens is 166 g/mol. The molecule has 76 valence electrons. The lowest BCUT2D eigenvalue weighted by Gasteiger charge is -2.37. The third-order valence-corrected chi connectivity index (χ3v) is 3.05. The van der Waals surface area contributed by atoms with Crippen LogP contribution in [0.15, 0.2) is 0 Å². The van der Waals surface area contributed by atoms with Gasteiger partial charge in [0, 0.05) is 24.5 Å². The van der Waals surface area contributed by atoms with E-state index in [9.17, 15) is 9.90 Å². The Hall–Kier alpha value is -0.410. The molecule has 0 spiro atoms. The minimum atomic E-state index is -0.151. The second-order valence-corrected chi connectivity index (χ2v) is 4.37. The quantitative estimate of drug-likeness (QED) is 0.685. The summed E-state index contributed by atoms with van der Waals surface area (Å²) < 4.78 is 0. The average molecular weight is 185 g/mol. The molecule has 0 saturated heterocycles. The zero-order valence-corrected chi connectivity index (χ0v) is 8.25. The van der Waals surface area contributed by atoms with E-state index in [4.69, 9.17) is 5.73 Å².